The number of nitrogens with zero attached hydrogens (tertiary/aromatic N) is 2. The number of aliphatic hydroxyl groups is 1. The molecule has 0 radical (unpaired) electrons. The quantitative estimate of drug-likeness (QED) is 0.874. The van der Waals surface area contributed by atoms with Crippen LogP contribution in [-0.4, -0.2) is 33.7 Å². The molecule has 108 valence electrons. The molecule has 2 heterocycles. The van der Waals surface area contributed by atoms with Crippen molar-refractivity contribution >= 4 is 11.6 Å². The number of hydrogen-bond donors (Lipinski definition) is 1. The van der Waals surface area contributed by atoms with Gasteiger partial charge in [-0.15, -0.1) is 0 Å². The molecule has 19 heavy (non-hydrogen) atoms. The van der Waals surface area contributed by atoms with Gasteiger partial charge in [0, 0.05) is 20.1 Å². The van der Waals surface area contributed by atoms with E-state index < -0.39 is 0 Å². The summed E-state index contributed by atoms with van der Waals surface area (Å²) in [6.07, 6.45) is 5.30. The molecule has 0 spiro atoms. The Morgan fingerprint density at radius 1 is 1.58 bits per heavy atom. The van der Waals surface area contributed by atoms with E-state index in [1.807, 2.05) is 14.0 Å². The molecule has 1 aliphatic rings. The number of aliphatic hydroxyl groups excluding tert-OH is 1. The number of aromatic nitrogens is 2. The fourth-order valence-electron chi connectivity index (χ4n) is 2.62. The van der Waals surface area contributed by atoms with Crippen LogP contribution in [0.4, 0.5) is 0 Å². The summed E-state index contributed by atoms with van der Waals surface area (Å²) in [5.74, 6) is 0. The third-order valence-corrected chi connectivity index (χ3v) is 4.21. The average Bonchev–Trinajstić information content (AvgIpc) is 2.99. The number of halogens is 1. The van der Waals surface area contributed by atoms with E-state index in [1.165, 1.54) is 0 Å². The second-order valence-corrected chi connectivity index (χ2v) is 5.63. The lowest BCUT2D eigenvalue weighted by atomic mass is 10.0. The molecule has 1 N–H and O–H groups in total. The van der Waals surface area contributed by atoms with E-state index >= 15 is 0 Å². The highest BCUT2D eigenvalue weighted by Gasteiger charge is 2.20. The monoisotopic (exact) mass is 286 g/mol. The molecule has 2 rings (SSSR count). The van der Waals surface area contributed by atoms with E-state index in [2.05, 4.69) is 5.10 Å². The van der Waals surface area contributed by atoms with Gasteiger partial charge in [-0.05, 0) is 32.1 Å². The fourth-order valence-corrected chi connectivity index (χ4v) is 2.99. The molecule has 0 aromatic carbocycles. The first-order valence-electron chi connectivity index (χ1n) is 7.11. The van der Waals surface area contributed by atoms with Gasteiger partial charge in [0.05, 0.1) is 28.6 Å². The van der Waals surface area contributed by atoms with Crippen LogP contribution in [-0.2, 0) is 24.6 Å². The minimum atomic E-state index is -0.373. The van der Waals surface area contributed by atoms with Crippen molar-refractivity contribution in [1.82, 2.24) is 9.78 Å². The maximum atomic E-state index is 10.1. The van der Waals surface area contributed by atoms with Gasteiger partial charge in [-0.2, -0.15) is 5.10 Å². The lowest BCUT2D eigenvalue weighted by molar-refractivity contribution is 0.0808. The van der Waals surface area contributed by atoms with Gasteiger partial charge < -0.3 is 9.84 Å². The van der Waals surface area contributed by atoms with Gasteiger partial charge in [0.2, 0.25) is 0 Å². The summed E-state index contributed by atoms with van der Waals surface area (Å²) in [6, 6.07) is 0. The van der Waals surface area contributed by atoms with Gasteiger partial charge >= 0.3 is 0 Å². The minimum absolute atomic E-state index is 0.336. The summed E-state index contributed by atoms with van der Waals surface area (Å²) in [6.45, 7) is 2.90. The lowest BCUT2D eigenvalue weighted by Crippen LogP contribution is -2.16. The van der Waals surface area contributed by atoms with E-state index in [9.17, 15) is 5.11 Å². The van der Waals surface area contributed by atoms with Crippen LogP contribution in [0, 0.1) is 0 Å². The Kier molecular flexibility index (Phi) is 5.25. The van der Waals surface area contributed by atoms with Crippen LogP contribution in [0.15, 0.2) is 0 Å². The molecule has 0 bridgehead atoms. The number of rotatable bonds is 6. The first-order valence-corrected chi connectivity index (χ1v) is 7.49. The Balaban J connectivity index is 1.87. The van der Waals surface area contributed by atoms with Crippen LogP contribution in [0.25, 0.3) is 0 Å². The SMILES string of the molecule is CCc1nn(C)c(CC(O)CCC2CCCO2)c1Cl. The zero-order valence-electron chi connectivity index (χ0n) is 11.7. The molecule has 1 fully saturated rings. The first kappa shape index (κ1) is 14.8. The van der Waals surface area contributed by atoms with Crippen LogP contribution in [0.2, 0.25) is 5.02 Å². The Hall–Kier alpha value is -0.580. The van der Waals surface area contributed by atoms with Crippen molar-refractivity contribution in [3.8, 4) is 0 Å². The van der Waals surface area contributed by atoms with Crippen LogP contribution in [0.1, 0.15) is 44.0 Å². The van der Waals surface area contributed by atoms with Crippen molar-refractivity contribution in [2.75, 3.05) is 6.61 Å². The van der Waals surface area contributed by atoms with Crippen molar-refractivity contribution in [3.63, 3.8) is 0 Å². The van der Waals surface area contributed by atoms with E-state index in [4.69, 9.17) is 16.3 Å². The Morgan fingerprint density at radius 3 is 2.95 bits per heavy atom. The summed E-state index contributed by atoms with van der Waals surface area (Å²) in [7, 11) is 1.88. The first-order chi connectivity index (χ1) is 9.11. The topological polar surface area (TPSA) is 47.3 Å². The van der Waals surface area contributed by atoms with Gasteiger partial charge in [0.25, 0.3) is 0 Å². The van der Waals surface area contributed by atoms with Crippen LogP contribution in [0.3, 0.4) is 0 Å². The van der Waals surface area contributed by atoms with E-state index in [-0.39, 0.29) is 6.10 Å². The number of ether oxygens (including phenoxy) is 1. The van der Waals surface area contributed by atoms with E-state index in [1.54, 1.807) is 4.68 Å². The van der Waals surface area contributed by atoms with Gasteiger partial charge in [0.15, 0.2) is 0 Å². The molecule has 1 aromatic heterocycles. The highest BCUT2D eigenvalue weighted by atomic mass is 35.5. The molecule has 2 atom stereocenters. The summed E-state index contributed by atoms with van der Waals surface area (Å²) < 4.78 is 7.36. The van der Waals surface area contributed by atoms with Crippen molar-refractivity contribution in [1.29, 1.82) is 0 Å². The minimum Gasteiger partial charge on any atom is -0.393 e. The highest BCUT2D eigenvalue weighted by molar-refractivity contribution is 6.31. The standard InChI is InChI=1S/C14H23ClN2O2/c1-3-12-14(15)13(17(2)16-12)9-10(18)6-7-11-5-4-8-19-11/h10-11,18H,3-9H2,1-2H3. The molecule has 1 aromatic rings. The van der Waals surface area contributed by atoms with Gasteiger partial charge in [-0.1, -0.05) is 18.5 Å². The van der Waals surface area contributed by atoms with Crippen molar-refractivity contribution in [2.45, 2.75) is 57.7 Å². The summed E-state index contributed by atoms with van der Waals surface area (Å²) in [4.78, 5) is 0. The van der Waals surface area contributed by atoms with E-state index in [0.717, 1.165) is 50.1 Å². The highest BCUT2D eigenvalue weighted by Crippen LogP contribution is 2.24. The second kappa shape index (κ2) is 6.73. The molecule has 0 amide bonds. The predicted octanol–water partition coefficient (Wildman–Crippen LogP) is 2.50. The molecule has 1 aliphatic heterocycles. The van der Waals surface area contributed by atoms with E-state index in [0.29, 0.717) is 17.5 Å². The Bertz CT molecular complexity index is 414. The van der Waals surface area contributed by atoms with Crippen molar-refractivity contribution in [2.24, 2.45) is 7.05 Å². The smallest absolute Gasteiger partial charge is 0.0850 e. The molecular weight excluding hydrogens is 264 g/mol. The predicted molar refractivity (Wildman–Crippen MR) is 75.5 cm³/mol. The Morgan fingerprint density at radius 2 is 2.37 bits per heavy atom. The number of hydrogen-bond acceptors (Lipinski definition) is 3. The second-order valence-electron chi connectivity index (χ2n) is 5.25. The maximum absolute atomic E-state index is 10.1. The Labute approximate surface area is 119 Å². The van der Waals surface area contributed by atoms with Gasteiger partial charge in [-0.3, -0.25) is 4.68 Å². The lowest BCUT2D eigenvalue weighted by Gasteiger charge is -2.14. The van der Waals surface area contributed by atoms with Gasteiger partial charge in [0.1, 0.15) is 0 Å². The third-order valence-electron chi connectivity index (χ3n) is 3.78. The molecule has 0 saturated carbocycles. The third kappa shape index (κ3) is 3.71. The molecule has 1 saturated heterocycles. The van der Waals surface area contributed by atoms with Gasteiger partial charge in [-0.25, -0.2) is 0 Å². The molecule has 2 unspecified atom stereocenters. The molecule has 0 aliphatic carbocycles. The largest absolute Gasteiger partial charge is 0.393 e. The van der Waals surface area contributed by atoms with Crippen molar-refractivity contribution in [3.05, 3.63) is 16.4 Å². The zero-order valence-corrected chi connectivity index (χ0v) is 12.5. The van der Waals surface area contributed by atoms with Crippen LogP contribution in [0.5, 0.6) is 0 Å². The number of aryl methyl sites for hydroxylation is 2. The summed E-state index contributed by atoms with van der Waals surface area (Å²) >= 11 is 6.28. The van der Waals surface area contributed by atoms with Crippen molar-refractivity contribution < 1.29 is 9.84 Å². The van der Waals surface area contributed by atoms with Crippen LogP contribution < -0.4 is 0 Å². The summed E-state index contributed by atoms with van der Waals surface area (Å²) in [5.41, 5.74) is 1.84. The zero-order chi connectivity index (χ0) is 13.8. The molecule has 4 nitrogen and oxygen atoms in total. The van der Waals surface area contributed by atoms with Crippen LogP contribution >= 0.6 is 11.6 Å². The fraction of sp³-hybridized carbons (Fsp3) is 0.786. The summed E-state index contributed by atoms with van der Waals surface area (Å²) in [5, 5.41) is 15.2. The molecular formula is C14H23ClN2O2. The maximum Gasteiger partial charge on any atom is 0.0850 e. The average molecular weight is 287 g/mol. The normalized spacial score (nSPS) is 20.9. The molecule has 5 heteroatoms.